The van der Waals surface area contributed by atoms with Gasteiger partial charge in [0.25, 0.3) is 0 Å². The molecule has 0 aromatic rings. The van der Waals surface area contributed by atoms with Crippen LogP contribution in [-0.2, 0) is 9.59 Å². The van der Waals surface area contributed by atoms with E-state index in [-0.39, 0.29) is 41.3 Å². The molecular formula is C25H43N3O3. The van der Waals surface area contributed by atoms with E-state index in [0.717, 1.165) is 38.5 Å². The van der Waals surface area contributed by atoms with E-state index in [1.54, 1.807) is 0 Å². The highest BCUT2D eigenvalue weighted by Crippen LogP contribution is 2.67. The number of fused-ring (bicyclic) bond motifs is 5. The summed E-state index contributed by atoms with van der Waals surface area (Å²) in [5.41, 5.74) is 11.4. The lowest BCUT2D eigenvalue weighted by Gasteiger charge is -2.62. The molecule has 0 heterocycles. The van der Waals surface area contributed by atoms with E-state index in [0.29, 0.717) is 36.0 Å². The zero-order valence-corrected chi connectivity index (χ0v) is 19.4. The van der Waals surface area contributed by atoms with Crippen LogP contribution in [0.25, 0.3) is 0 Å². The molecule has 0 spiro atoms. The van der Waals surface area contributed by atoms with Gasteiger partial charge in [-0.1, -0.05) is 13.8 Å². The van der Waals surface area contributed by atoms with Crippen molar-refractivity contribution >= 4 is 11.8 Å². The summed E-state index contributed by atoms with van der Waals surface area (Å²) in [5, 5.41) is 14.5. The summed E-state index contributed by atoms with van der Waals surface area (Å²) in [5.74, 6) is 2.43. The van der Waals surface area contributed by atoms with Crippen LogP contribution in [0, 0.1) is 40.4 Å². The fourth-order valence-electron chi connectivity index (χ4n) is 8.75. The molecule has 176 valence electrons. The Morgan fingerprint density at radius 1 is 1.03 bits per heavy atom. The Morgan fingerprint density at radius 3 is 2.45 bits per heavy atom. The van der Waals surface area contributed by atoms with Gasteiger partial charge in [0, 0.05) is 12.5 Å². The molecule has 4 fully saturated rings. The lowest BCUT2D eigenvalue weighted by atomic mass is 9.44. The highest BCUT2D eigenvalue weighted by molar-refractivity contribution is 5.78. The number of nitrogens with two attached hydrogens (primary N) is 2. The summed E-state index contributed by atoms with van der Waals surface area (Å²) in [6.45, 7) is 4.99. The molecule has 9 atom stereocenters. The van der Waals surface area contributed by atoms with E-state index < -0.39 is 0 Å². The molecule has 0 saturated heterocycles. The zero-order valence-electron chi connectivity index (χ0n) is 19.4. The maximum absolute atomic E-state index is 11.8. The molecule has 0 aromatic carbocycles. The fraction of sp³-hybridized carbons (Fsp3) is 0.920. The van der Waals surface area contributed by atoms with Gasteiger partial charge in [-0.25, -0.2) is 0 Å². The van der Waals surface area contributed by atoms with Gasteiger partial charge < -0.3 is 21.9 Å². The van der Waals surface area contributed by atoms with Gasteiger partial charge in [0.1, 0.15) is 0 Å². The van der Waals surface area contributed by atoms with Gasteiger partial charge in [0.05, 0.1) is 12.6 Å². The Balaban J connectivity index is 1.47. The maximum atomic E-state index is 11.8. The van der Waals surface area contributed by atoms with E-state index in [4.69, 9.17) is 11.5 Å². The lowest BCUT2D eigenvalue weighted by Crippen LogP contribution is -2.59. The molecule has 0 radical (unpaired) electrons. The van der Waals surface area contributed by atoms with Crippen molar-refractivity contribution in [1.29, 1.82) is 0 Å². The minimum atomic E-state index is -0.235. The van der Waals surface area contributed by atoms with Gasteiger partial charge in [-0.3, -0.25) is 9.59 Å². The fourth-order valence-corrected chi connectivity index (χ4v) is 8.75. The van der Waals surface area contributed by atoms with Crippen LogP contribution in [0.15, 0.2) is 0 Å². The van der Waals surface area contributed by atoms with Gasteiger partial charge >= 0.3 is 0 Å². The van der Waals surface area contributed by atoms with E-state index in [1.165, 1.54) is 25.7 Å². The van der Waals surface area contributed by atoms with Crippen LogP contribution in [0.1, 0.15) is 84.5 Å². The molecule has 3 unspecified atom stereocenters. The number of amides is 2. The van der Waals surface area contributed by atoms with Crippen LogP contribution in [0.3, 0.4) is 0 Å². The quantitative estimate of drug-likeness (QED) is 0.515. The first kappa shape index (κ1) is 23.0. The minimum Gasteiger partial charge on any atom is -0.393 e. The van der Waals surface area contributed by atoms with Crippen molar-refractivity contribution in [3.05, 3.63) is 0 Å². The van der Waals surface area contributed by atoms with Crippen LogP contribution < -0.4 is 16.8 Å². The summed E-state index contributed by atoms with van der Waals surface area (Å²) < 4.78 is 0. The number of primary amides is 1. The Kier molecular flexibility index (Phi) is 6.43. The molecule has 4 saturated carbocycles. The molecule has 31 heavy (non-hydrogen) atoms. The summed E-state index contributed by atoms with van der Waals surface area (Å²) in [6, 6.07) is 0.202. The van der Waals surface area contributed by atoms with E-state index >= 15 is 0 Å². The summed E-state index contributed by atoms with van der Waals surface area (Å²) in [7, 11) is 0. The van der Waals surface area contributed by atoms with Gasteiger partial charge in [-0.15, -0.1) is 0 Å². The molecule has 6 heteroatoms. The first-order valence-corrected chi connectivity index (χ1v) is 12.6. The number of aliphatic hydroxyl groups is 1. The molecule has 6 nitrogen and oxygen atoms in total. The second-order valence-corrected chi connectivity index (χ2v) is 11.7. The number of nitrogens with one attached hydrogen (secondary N) is 1. The molecule has 4 aliphatic rings. The number of hydrogen-bond donors (Lipinski definition) is 4. The number of carbonyl (C=O) groups excluding carboxylic acids is 2. The van der Waals surface area contributed by atoms with Crippen molar-refractivity contribution in [3.8, 4) is 0 Å². The van der Waals surface area contributed by atoms with Crippen molar-refractivity contribution in [2.45, 2.75) is 96.6 Å². The topological polar surface area (TPSA) is 118 Å². The van der Waals surface area contributed by atoms with Gasteiger partial charge in [-0.2, -0.15) is 0 Å². The molecular weight excluding hydrogens is 390 g/mol. The standard InChI is InChI=1S/C25H43N3O3/c1-24-11-9-19-23(18(24)7-6-15(24)4-3-5-21(27)30)20(29)13-16-12-17(28-22(31)14-26)8-10-25(16,19)2/h15-20,23,29H,3-14,26H2,1-2H3,(H2,27,30)(H,28,31)/t15-,16-,17?,18-,19-,20+,23?,24?,25-/m0/s1. The Morgan fingerprint density at radius 2 is 1.74 bits per heavy atom. The average molecular weight is 434 g/mol. The van der Waals surface area contributed by atoms with Crippen LogP contribution >= 0.6 is 0 Å². The van der Waals surface area contributed by atoms with Gasteiger partial charge in [-0.05, 0) is 105 Å². The van der Waals surface area contributed by atoms with E-state index in [9.17, 15) is 14.7 Å². The number of aliphatic hydroxyl groups excluding tert-OH is 1. The van der Waals surface area contributed by atoms with Crippen LogP contribution in [-0.4, -0.2) is 35.6 Å². The summed E-state index contributed by atoms with van der Waals surface area (Å²) >= 11 is 0. The van der Waals surface area contributed by atoms with Crippen molar-refractivity contribution in [2.75, 3.05) is 6.54 Å². The van der Waals surface area contributed by atoms with Crippen molar-refractivity contribution < 1.29 is 14.7 Å². The normalized spacial score (nSPS) is 46.5. The van der Waals surface area contributed by atoms with Gasteiger partial charge in [0.15, 0.2) is 0 Å². The zero-order chi connectivity index (χ0) is 22.4. The summed E-state index contributed by atoms with van der Waals surface area (Å²) in [4.78, 5) is 23.0. The van der Waals surface area contributed by atoms with Crippen molar-refractivity contribution in [2.24, 2.45) is 51.9 Å². The Hall–Kier alpha value is -1.14. The first-order chi connectivity index (χ1) is 14.7. The smallest absolute Gasteiger partial charge is 0.233 e. The molecule has 4 rings (SSSR count). The second-order valence-electron chi connectivity index (χ2n) is 11.7. The van der Waals surface area contributed by atoms with Crippen LogP contribution in [0.5, 0.6) is 0 Å². The SMILES string of the molecule is CC12CC[C@H]3C([C@H](O)C[C@@H]4CC(NC(=O)CN)CC[C@@]43C)[C@@H]1CC[C@@H]2CCCC(N)=O. The third-order valence-corrected chi connectivity index (χ3v) is 10.4. The van der Waals surface area contributed by atoms with Crippen LogP contribution in [0.2, 0.25) is 0 Å². The molecule has 0 aliphatic heterocycles. The molecule has 6 N–H and O–H groups in total. The number of rotatable bonds is 6. The monoisotopic (exact) mass is 433 g/mol. The predicted molar refractivity (Wildman–Crippen MR) is 121 cm³/mol. The van der Waals surface area contributed by atoms with Crippen molar-refractivity contribution in [1.82, 2.24) is 5.32 Å². The molecule has 0 aromatic heterocycles. The van der Waals surface area contributed by atoms with Gasteiger partial charge in [0.2, 0.25) is 11.8 Å². The van der Waals surface area contributed by atoms with E-state index in [2.05, 4.69) is 19.2 Å². The lowest BCUT2D eigenvalue weighted by molar-refractivity contribution is -0.165. The summed E-state index contributed by atoms with van der Waals surface area (Å²) in [6.07, 6.45) is 11.1. The third kappa shape index (κ3) is 4.03. The maximum Gasteiger partial charge on any atom is 0.233 e. The Bertz CT molecular complexity index is 699. The number of hydrogen-bond acceptors (Lipinski definition) is 4. The largest absolute Gasteiger partial charge is 0.393 e. The molecule has 4 aliphatic carbocycles. The Labute approximate surface area is 187 Å². The highest BCUT2D eigenvalue weighted by atomic mass is 16.3. The minimum absolute atomic E-state index is 0.0482. The molecule has 0 bridgehead atoms. The van der Waals surface area contributed by atoms with Crippen LogP contribution in [0.4, 0.5) is 0 Å². The third-order valence-electron chi connectivity index (χ3n) is 10.4. The van der Waals surface area contributed by atoms with E-state index in [1.807, 2.05) is 0 Å². The predicted octanol–water partition coefficient (Wildman–Crippen LogP) is 2.72. The number of carbonyl (C=O) groups is 2. The average Bonchev–Trinajstić information content (AvgIpc) is 3.05. The first-order valence-electron chi connectivity index (χ1n) is 12.6. The second kappa shape index (κ2) is 8.66. The molecule has 2 amide bonds. The highest BCUT2D eigenvalue weighted by Gasteiger charge is 2.62. The van der Waals surface area contributed by atoms with Crippen molar-refractivity contribution in [3.63, 3.8) is 0 Å².